The van der Waals surface area contributed by atoms with Gasteiger partial charge >= 0.3 is 0 Å². The number of piperidine rings is 1. The van der Waals surface area contributed by atoms with E-state index >= 15 is 0 Å². The van der Waals surface area contributed by atoms with Gasteiger partial charge in [0.05, 0.1) is 0 Å². The van der Waals surface area contributed by atoms with Crippen LogP contribution in [0.3, 0.4) is 0 Å². The van der Waals surface area contributed by atoms with Crippen molar-refractivity contribution in [2.75, 3.05) is 19.3 Å². The predicted octanol–water partition coefficient (Wildman–Crippen LogP) is 1.38. The van der Waals surface area contributed by atoms with Crippen LogP contribution in [-0.2, 0) is 4.79 Å². The van der Waals surface area contributed by atoms with Gasteiger partial charge in [-0.15, -0.1) is 11.8 Å². The van der Waals surface area contributed by atoms with Crippen LogP contribution in [0, 0.1) is 0 Å². The van der Waals surface area contributed by atoms with Gasteiger partial charge in [-0.05, 0) is 44.2 Å². The van der Waals surface area contributed by atoms with Gasteiger partial charge in [-0.2, -0.15) is 0 Å². The molecule has 0 spiro atoms. The second-order valence-electron chi connectivity index (χ2n) is 6.76. The molecule has 6 nitrogen and oxygen atoms in total. The van der Waals surface area contributed by atoms with Crippen molar-refractivity contribution in [2.45, 2.75) is 49.5 Å². The Balaban J connectivity index is 1.50. The Bertz CT molecular complexity index is 631. The first-order chi connectivity index (χ1) is 12.0. The maximum absolute atomic E-state index is 12.4. The van der Waals surface area contributed by atoms with Gasteiger partial charge < -0.3 is 10.6 Å². The second kappa shape index (κ2) is 8.21. The van der Waals surface area contributed by atoms with E-state index in [2.05, 4.69) is 20.9 Å². The first-order valence-corrected chi connectivity index (χ1v) is 10.0. The topological polar surface area (TPSA) is 73.5 Å². The number of hydrogen-bond donors (Lipinski definition) is 3. The van der Waals surface area contributed by atoms with Gasteiger partial charge in [-0.25, -0.2) is 0 Å². The van der Waals surface area contributed by atoms with E-state index in [1.165, 1.54) is 0 Å². The summed E-state index contributed by atoms with van der Waals surface area (Å²) in [6, 6.07) is 8.08. The van der Waals surface area contributed by atoms with Crippen LogP contribution in [0.4, 0.5) is 0 Å². The van der Waals surface area contributed by atoms with E-state index in [1.54, 1.807) is 11.8 Å². The fourth-order valence-electron chi connectivity index (χ4n) is 3.39. The van der Waals surface area contributed by atoms with Crippen LogP contribution in [-0.4, -0.2) is 54.4 Å². The van der Waals surface area contributed by atoms with Crippen LogP contribution < -0.4 is 16.0 Å². The molecule has 2 unspecified atom stereocenters. The Morgan fingerprint density at radius 2 is 2.08 bits per heavy atom. The van der Waals surface area contributed by atoms with Gasteiger partial charge in [0.15, 0.2) is 0 Å². The molecule has 3 rings (SSSR count). The molecule has 3 N–H and O–H groups in total. The number of amides is 2. The first kappa shape index (κ1) is 18.2. The highest BCUT2D eigenvalue weighted by molar-refractivity contribution is 7.98. The standard InChI is InChI=1S/C18H26N4O2S/c1-12-10-16(23)21-18(19-12)22-8-6-14(7-9-22)20-17(24)13-4-3-5-15(11-13)25-2/h3-5,11-12,14,18-19H,6-10H2,1-2H3,(H,20,24)(H,21,23). The fourth-order valence-corrected chi connectivity index (χ4v) is 3.85. The van der Waals surface area contributed by atoms with Crippen molar-refractivity contribution >= 4 is 23.6 Å². The van der Waals surface area contributed by atoms with E-state index in [0.29, 0.717) is 12.0 Å². The van der Waals surface area contributed by atoms with Crippen molar-refractivity contribution in [1.82, 2.24) is 20.9 Å². The highest BCUT2D eigenvalue weighted by Crippen LogP contribution is 2.17. The van der Waals surface area contributed by atoms with Gasteiger partial charge in [0.2, 0.25) is 5.91 Å². The monoisotopic (exact) mass is 362 g/mol. The smallest absolute Gasteiger partial charge is 0.251 e. The minimum absolute atomic E-state index is 0.00735. The number of carbonyl (C=O) groups is 2. The molecule has 136 valence electrons. The summed E-state index contributed by atoms with van der Waals surface area (Å²) < 4.78 is 0. The Kier molecular flexibility index (Phi) is 5.98. The number of likely N-dealkylation sites (tertiary alicyclic amines) is 1. The molecule has 2 heterocycles. The molecule has 0 radical (unpaired) electrons. The maximum Gasteiger partial charge on any atom is 0.251 e. The summed E-state index contributed by atoms with van der Waals surface area (Å²) in [5.74, 6) is 0.0902. The summed E-state index contributed by atoms with van der Waals surface area (Å²) in [7, 11) is 0. The SMILES string of the molecule is CSc1cccc(C(=O)NC2CCN(C3NC(=O)CC(C)N3)CC2)c1. The van der Waals surface area contributed by atoms with Crippen LogP contribution in [0.25, 0.3) is 0 Å². The summed E-state index contributed by atoms with van der Waals surface area (Å²) in [4.78, 5) is 27.5. The first-order valence-electron chi connectivity index (χ1n) is 8.79. The number of carbonyl (C=O) groups excluding carboxylic acids is 2. The largest absolute Gasteiger partial charge is 0.349 e. The molecule has 25 heavy (non-hydrogen) atoms. The lowest BCUT2D eigenvalue weighted by Gasteiger charge is -2.41. The molecule has 0 saturated carbocycles. The zero-order valence-corrected chi connectivity index (χ0v) is 15.6. The third-order valence-corrected chi connectivity index (χ3v) is 5.52. The van der Waals surface area contributed by atoms with Crippen LogP contribution in [0.5, 0.6) is 0 Å². The summed E-state index contributed by atoms with van der Waals surface area (Å²) in [6.45, 7) is 3.72. The number of rotatable bonds is 4. The fraction of sp³-hybridized carbons (Fsp3) is 0.556. The summed E-state index contributed by atoms with van der Waals surface area (Å²) in [5.41, 5.74) is 0.712. The lowest BCUT2D eigenvalue weighted by molar-refractivity contribution is -0.127. The second-order valence-corrected chi connectivity index (χ2v) is 7.64. The van der Waals surface area contributed by atoms with Gasteiger partial charge in [0, 0.05) is 42.1 Å². The van der Waals surface area contributed by atoms with Gasteiger partial charge in [0.1, 0.15) is 6.29 Å². The maximum atomic E-state index is 12.4. The van der Waals surface area contributed by atoms with E-state index < -0.39 is 0 Å². The lowest BCUT2D eigenvalue weighted by atomic mass is 10.0. The van der Waals surface area contributed by atoms with Crippen LogP contribution in [0.15, 0.2) is 29.2 Å². The molecule has 2 saturated heterocycles. The number of hydrogen-bond acceptors (Lipinski definition) is 5. The summed E-state index contributed by atoms with van der Waals surface area (Å²) in [6.07, 6.45) is 4.21. The van der Waals surface area contributed by atoms with Gasteiger partial charge in [-0.1, -0.05) is 6.07 Å². The number of benzene rings is 1. The molecule has 0 aliphatic carbocycles. The van der Waals surface area contributed by atoms with E-state index in [-0.39, 0.29) is 30.2 Å². The Morgan fingerprint density at radius 1 is 1.32 bits per heavy atom. The molecular weight excluding hydrogens is 336 g/mol. The third kappa shape index (κ3) is 4.74. The molecule has 2 fully saturated rings. The van der Waals surface area contributed by atoms with Crippen LogP contribution in [0.2, 0.25) is 0 Å². The van der Waals surface area contributed by atoms with Crippen molar-refractivity contribution in [2.24, 2.45) is 0 Å². The lowest BCUT2D eigenvalue weighted by Crippen LogP contribution is -2.65. The minimum atomic E-state index is -0.0915. The molecule has 2 amide bonds. The number of nitrogens with zero attached hydrogens (tertiary/aromatic N) is 1. The Morgan fingerprint density at radius 3 is 2.76 bits per heavy atom. The van der Waals surface area contributed by atoms with Crippen LogP contribution >= 0.6 is 11.8 Å². The third-order valence-electron chi connectivity index (χ3n) is 4.79. The van der Waals surface area contributed by atoms with E-state index in [0.717, 1.165) is 30.8 Å². The normalized spacial score (nSPS) is 25.4. The van der Waals surface area contributed by atoms with Crippen molar-refractivity contribution in [3.63, 3.8) is 0 Å². The van der Waals surface area contributed by atoms with Crippen LogP contribution in [0.1, 0.15) is 36.5 Å². The average Bonchev–Trinajstić information content (AvgIpc) is 2.61. The van der Waals surface area contributed by atoms with E-state index in [4.69, 9.17) is 0 Å². The Labute approximate surface area is 153 Å². The van der Waals surface area contributed by atoms with E-state index in [9.17, 15) is 9.59 Å². The molecule has 0 aromatic heterocycles. The summed E-state index contributed by atoms with van der Waals surface area (Å²) in [5, 5.41) is 9.56. The molecule has 0 bridgehead atoms. The van der Waals surface area contributed by atoms with Crippen molar-refractivity contribution in [3.8, 4) is 0 Å². The Hall–Kier alpha value is -1.57. The van der Waals surface area contributed by atoms with Crippen molar-refractivity contribution in [1.29, 1.82) is 0 Å². The molecule has 1 aromatic carbocycles. The molecule has 7 heteroatoms. The van der Waals surface area contributed by atoms with Crippen molar-refractivity contribution in [3.05, 3.63) is 29.8 Å². The molecule has 2 aliphatic heterocycles. The number of thioether (sulfide) groups is 1. The number of nitrogens with one attached hydrogen (secondary N) is 3. The van der Waals surface area contributed by atoms with Gasteiger partial charge in [-0.3, -0.25) is 19.8 Å². The zero-order valence-electron chi connectivity index (χ0n) is 14.7. The van der Waals surface area contributed by atoms with Crippen molar-refractivity contribution < 1.29 is 9.59 Å². The minimum Gasteiger partial charge on any atom is -0.349 e. The highest BCUT2D eigenvalue weighted by atomic mass is 32.2. The zero-order chi connectivity index (χ0) is 17.8. The highest BCUT2D eigenvalue weighted by Gasteiger charge is 2.30. The molecular formula is C18H26N4O2S. The van der Waals surface area contributed by atoms with Gasteiger partial charge in [0.25, 0.3) is 5.91 Å². The molecule has 2 atom stereocenters. The predicted molar refractivity (Wildman–Crippen MR) is 99.4 cm³/mol. The molecule has 1 aromatic rings. The summed E-state index contributed by atoms with van der Waals surface area (Å²) >= 11 is 1.63. The average molecular weight is 362 g/mol. The van der Waals surface area contributed by atoms with E-state index in [1.807, 2.05) is 37.4 Å². The quantitative estimate of drug-likeness (QED) is 0.706. The molecule has 2 aliphatic rings.